The van der Waals surface area contributed by atoms with Crippen LogP contribution in [-0.2, 0) is 11.2 Å². The van der Waals surface area contributed by atoms with Crippen molar-refractivity contribution in [3.05, 3.63) is 89.9 Å². The molecule has 3 aromatic rings. The maximum atomic E-state index is 13.1. The fourth-order valence-electron chi connectivity index (χ4n) is 3.45. The molecule has 7 heteroatoms. The number of rotatable bonds is 5. The molecule has 0 atom stereocenters. The lowest BCUT2D eigenvalue weighted by Gasteiger charge is -2.35. The SMILES string of the molecule is O=C(Cc1ccc(F)cc1)N1CCN(C(=O)c2cccnc2Sc2ccccc2)CC1. The second-order valence-electron chi connectivity index (χ2n) is 7.25. The predicted octanol–water partition coefficient (Wildman–Crippen LogP) is 3.90. The maximum absolute atomic E-state index is 13.1. The monoisotopic (exact) mass is 435 g/mol. The summed E-state index contributed by atoms with van der Waals surface area (Å²) < 4.78 is 13.0. The van der Waals surface area contributed by atoms with E-state index < -0.39 is 0 Å². The van der Waals surface area contributed by atoms with Crippen molar-refractivity contribution in [3.63, 3.8) is 0 Å². The number of aromatic nitrogens is 1. The molecule has 0 aliphatic carbocycles. The van der Waals surface area contributed by atoms with E-state index in [0.29, 0.717) is 36.8 Å². The topological polar surface area (TPSA) is 53.5 Å². The van der Waals surface area contributed by atoms with Crippen LogP contribution >= 0.6 is 11.8 Å². The molecule has 2 amide bonds. The van der Waals surface area contributed by atoms with Crippen LogP contribution < -0.4 is 0 Å². The third-order valence-corrected chi connectivity index (χ3v) is 6.17. The maximum Gasteiger partial charge on any atom is 0.256 e. The normalized spacial score (nSPS) is 13.8. The molecule has 1 aliphatic heterocycles. The van der Waals surface area contributed by atoms with Gasteiger partial charge in [0.15, 0.2) is 0 Å². The predicted molar refractivity (Wildman–Crippen MR) is 117 cm³/mol. The first-order valence-electron chi connectivity index (χ1n) is 10.1. The van der Waals surface area contributed by atoms with Crippen LogP contribution in [0, 0.1) is 5.82 Å². The highest BCUT2D eigenvalue weighted by molar-refractivity contribution is 7.99. The van der Waals surface area contributed by atoms with Crippen LogP contribution in [0.15, 0.2) is 82.8 Å². The molecule has 2 heterocycles. The van der Waals surface area contributed by atoms with Crippen molar-refractivity contribution in [3.8, 4) is 0 Å². The largest absolute Gasteiger partial charge is 0.339 e. The van der Waals surface area contributed by atoms with Crippen LogP contribution in [0.4, 0.5) is 4.39 Å². The Bertz CT molecular complexity index is 1050. The summed E-state index contributed by atoms with van der Waals surface area (Å²) in [5.74, 6) is -0.402. The number of pyridine rings is 1. The Labute approximate surface area is 184 Å². The number of amides is 2. The summed E-state index contributed by atoms with van der Waals surface area (Å²) in [6.07, 6.45) is 1.92. The minimum absolute atomic E-state index is 0.0135. The molecule has 1 saturated heterocycles. The van der Waals surface area contributed by atoms with E-state index >= 15 is 0 Å². The van der Waals surface area contributed by atoms with Crippen molar-refractivity contribution in [2.75, 3.05) is 26.2 Å². The lowest BCUT2D eigenvalue weighted by atomic mass is 10.1. The zero-order chi connectivity index (χ0) is 21.6. The van der Waals surface area contributed by atoms with Gasteiger partial charge in [0.1, 0.15) is 10.8 Å². The van der Waals surface area contributed by atoms with E-state index in [-0.39, 0.29) is 24.1 Å². The van der Waals surface area contributed by atoms with Gasteiger partial charge in [0.05, 0.1) is 12.0 Å². The molecule has 0 spiro atoms. The number of halogens is 1. The van der Waals surface area contributed by atoms with Crippen LogP contribution in [0.2, 0.25) is 0 Å². The molecule has 1 aromatic heterocycles. The summed E-state index contributed by atoms with van der Waals surface area (Å²) >= 11 is 1.46. The molecule has 2 aromatic carbocycles. The van der Waals surface area contributed by atoms with E-state index in [4.69, 9.17) is 0 Å². The highest BCUT2D eigenvalue weighted by Crippen LogP contribution is 2.29. The van der Waals surface area contributed by atoms with E-state index in [9.17, 15) is 14.0 Å². The highest BCUT2D eigenvalue weighted by atomic mass is 32.2. The Morgan fingerprint density at radius 1 is 0.871 bits per heavy atom. The van der Waals surface area contributed by atoms with Crippen LogP contribution in [0.25, 0.3) is 0 Å². The molecule has 0 saturated carbocycles. The summed E-state index contributed by atoms with van der Waals surface area (Å²) in [6.45, 7) is 1.90. The zero-order valence-electron chi connectivity index (χ0n) is 16.9. The van der Waals surface area contributed by atoms with Gasteiger partial charge in [-0.25, -0.2) is 9.37 Å². The number of hydrogen-bond acceptors (Lipinski definition) is 4. The first kappa shape index (κ1) is 21.1. The molecule has 4 rings (SSSR count). The summed E-state index contributed by atoms with van der Waals surface area (Å²) in [7, 11) is 0. The Kier molecular flexibility index (Phi) is 6.62. The standard InChI is InChI=1S/C24H22FN3O2S/c25-19-10-8-18(9-11-19)17-22(29)27-13-15-28(16-14-27)24(30)21-7-4-12-26-23(21)31-20-5-2-1-3-6-20/h1-12H,13-17H2. The van der Waals surface area contributed by atoms with Crippen molar-refractivity contribution >= 4 is 23.6 Å². The Morgan fingerprint density at radius 3 is 2.26 bits per heavy atom. The van der Waals surface area contributed by atoms with Crippen LogP contribution in [-0.4, -0.2) is 52.8 Å². The lowest BCUT2D eigenvalue weighted by molar-refractivity contribution is -0.131. The average molecular weight is 436 g/mol. The van der Waals surface area contributed by atoms with Crippen molar-refractivity contribution in [2.24, 2.45) is 0 Å². The second kappa shape index (κ2) is 9.75. The number of hydrogen-bond donors (Lipinski definition) is 0. The van der Waals surface area contributed by atoms with E-state index in [1.807, 2.05) is 30.3 Å². The number of nitrogens with zero attached hydrogens (tertiary/aromatic N) is 3. The zero-order valence-corrected chi connectivity index (χ0v) is 17.7. The third kappa shape index (κ3) is 5.30. The van der Waals surface area contributed by atoms with E-state index in [0.717, 1.165) is 10.5 Å². The third-order valence-electron chi connectivity index (χ3n) is 5.15. The number of piperazine rings is 1. The fraction of sp³-hybridized carbons (Fsp3) is 0.208. The summed E-state index contributed by atoms with van der Waals surface area (Å²) in [5, 5.41) is 0.675. The molecule has 0 bridgehead atoms. The molecule has 0 radical (unpaired) electrons. The van der Waals surface area contributed by atoms with Gasteiger partial charge < -0.3 is 9.80 Å². The summed E-state index contributed by atoms with van der Waals surface area (Å²) in [6, 6.07) is 19.4. The van der Waals surface area contributed by atoms with Gasteiger partial charge in [-0.2, -0.15) is 0 Å². The molecular formula is C24H22FN3O2S. The molecule has 158 valence electrons. The van der Waals surface area contributed by atoms with Crippen molar-refractivity contribution < 1.29 is 14.0 Å². The second-order valence-corrected chi connectivity index (χ2v) is 8.31. The Balaban J connectivity index is 1.37. The van der Waals surface area contributed by atoms with E-state index in [1.165, 1.54) is 23.9 Å². The van der Waals surface area contributed by atoms with Crippen molar-refractivity contribution in [2.45, 2.75) is 16.3 Å². The highest BCUT2D eigenvalue weighted by Gasteiger charge is 2.26. The van der Waals surface area contributed by atoms with Gasteiger partial charge in [-0.3, -0.25) is 9.59 Å². The van der Waals surface area contributed by atoms with Gasteiger partial charge in [-0.05, 0) is 42.0 Å². The smallest absolute Gasteiger partial charge is 0.256 e. The molecule has 5 nitrogen and oxygen atoms in total. The van der Waals surface area contributed by atoms with E-state index in [2.05, 4.69) is 4.98 Å². The molecule has 0 unspecified atom stereocenters. The number of benzene rings is 2. The molecule has 31 heavy (non-hydrogen) atoms. The quantitative estimate of drug-likeness (QED) is 0.610. The van der Waals surface area contributed by atoms with Crippen molar-refractivity contribution in [1.29, 1.82) is 0 Å². The van der Waals surface area contributed by atoms with Gasteiger partial charge in [0.25, 0.3) is 5.91 Å². The summed E-state index contributed by atoms with van der Waals surface area (Å²) in [4.78, 5) is 34.7. The van der Waals surface area contributed by atoms with Crippen LogP contribution in [0.5, 0.6) is 0 Å². The Hall–Kier alpha value is -3.19. The van der Waals surface area contributed by atoms with Gasteiger partial charge in [-0.1, -0.05) is 42.1 Å². The average Bonchev–Trinajstić information content (AvgIpc) is 2.81. The number of carbonyl (C=O) groups excluding carboxylic acids is 2. The minimum Gasteiger partial charge on any atom is -0.339 e. The van der Waals surface area contributed by atoms with Gasteiger partial charge in [0, 0.05) is 37.3 Å². The van der Waals surface area contributed by atoms with Crippen LogP contribution in [0.3, 0.4) is 0 Å². The minimum atomic E-state index is -0.316. The van der Waals surface area contributed by atoms with Gasteiger partial charge in [-0.15, -0.1) is 0 Å². The first-order chi connectivity index (χ1) is 15.1. The summed E-state index contributed by atoms with van der Waals surface area (Å²) in [5.41, 5.74) is 1.35. The van der Waals surface area contributed by atoms with Crippen LogP contribution in [0.1, 0.15) is 15.9 Å². The molecular weight excluding hydrogens is 413 g/mol. The van der Waals surface area contributed by atoms with Crippen molar-refractivity contribution in [1.82, 2.24) is 14.8 Å². The molecule has 1 fully saturated rings. The van der Waals surface area contributed by atoms with E-state index in [1.54, 1.807) is 40.3 Å². The van der Waals surface area contributed by atoms with Gasteiger partial charge >= 0.3 is 0 Å². The Morgan fingerprint density at radius 2 is 1.55 bits per heavy atom. The lowest BCUT2D eigenvalue weighted by Crippen LogP contribution is -2.51. The molecule has 1 aliphatic rings. The first-order valence-corrected chi connectivity index (χ1v) is 10.9. The molecule has 0 N–H and O–H groups in total. The number of carbonyl (C=O) groups is 2. The van der Waals surface area contributed by atoms with Gasteiger partial charge in [0.2, 0.25) is 5.91 Å². The fourth-order valence-corrected chi connectivity index (χ4v) is 4.35.